The topological polar surface area (TPSA) is 34.4 Å². The molecule has 3 heteroatoms. The minimum atomic E-state index is 0.601. The van der Waals surface area contributed by atoms with Gasteiger partial charge in [0.15, 0.2) is 0 Å². The van der Waals surface area contributed by atoms with Crippen LogP contribution in [0.2, 0.25) is 0 Å². The van der Waals surface area contributed by atoms with Crippen molar-refractivity contribution in [2.45, 2.75) is 78.9 Å². The van der Waals surface area contributed by atoms with Crippen LogP contribution in [-0.2, 0) is 17.9 Å². The molecule has 0 fully saturated rings. The largest absolute Gasteiger partial charge is 0.462 e. The van der Waals surface area contributed by atoms with Crippen molar-refractivity contribution in [1.82, 2.24) is 5.32 Å². The van der Waals surface area contributed by atoms with E-state index in [1.165, 1.54) is 37.7 Å². The first kappa shape index (κ1) is 18.2. The molecule has 0 spiro atoms. The predicted octanol–water partition coefficient (Wildman–Crippen LogP) is 4.96. The molecule has 0 aromatic carbocycles. The van der Waals surface area contributed by atoms with Crippen molar-refractivity contribution < 1.29 is 9.15 Å². The number of furan rings is 1. The zero-order valence-corrected chi connectivity index (χ0v) is 14.2. The van der Waals surface area contributed by atoms with Crippen LogP contribution in [0, 0.1) is 6.92 Å². The maximum Gasteiger partial charge on any atom is 0.130 e. The molecule has 1 heterocycles. The van der Waals surface area contributed by atoms with E-state index in [4.69, 9.17) is 9.15 Å². The molecular weight excluding hydrogens is 262 g/mol. The molecule has 0 aliphatic heterocycles. The fraction of sp³-hybridized carbons (Fsp3) is 0.778. The Morgan fingerprint density at radius 2 is 1.81 bits per heavy atom. The highest BCUT2D eigenvalue weighted by Gasteiger charge is 2.07. The lowest BCUT2D eigenvalue weighted by atomic mass is 10.1. The Morgan fingerprint density at radius 3 is 2.57 bits per heavy atom. The molecule has 0 atom stereocenters. The first-order valence-electron chi connectivity index (χ1n) is 8.64. The van der Waals surface area contributed by atoms with Gasteiger partial charge in [0.1, 0.15) is 18.1 Å². The van der Waals surface area contributed by atoms with Gasteiger partial charge in [-0.25, -0.2) is 0 Å². The molecule has 0 amide bonds. The third-order valence-electron chi connectivity index (χ3n) is 3.67. The summed E-state index contributed by atoms with van der Waals surface area (Å²) in [5.41, 5.74) is 1.22. The Balaban J connectivity index is 2.10. The molecule has 1 N–H and O–H groups in total. The smallest absolute Gasteiger partial charge is 0.130 e. The van der Waals surface area contributed by atoms with Crippen molar-refractivity contribution in [3.8, 4) is 0 Å². The van der Waals surface area contributed by atoms with Gasteiger partial charge in [0.2, 0.25) is 0 Å². The molecule has 0 saturated carbocycles. The van der Waals surface area contributed by atoms with Gasteiger partial charge < -0.3 is 14.5 Å². The Morgan fingerprint density at radius 1 is 1.05 bits per heavy atom. The van der Waals surface area contributed by atoms with Gasteiger partial charge in [0, 0.05) is 6.61 Å². The fourth-order valence-electron chi connectivity index (χ4n) is 2.37. The van der Waals surface area contributed by atoms with Crippen LogP contribution in [0.3, 0.4) is 0 Å². The van der Waals surface area contributed by atoms with E-state index in [9.17, 15) is 0 Å². The quantitative estimate of drug-likeness (QED) is 0.522. The molecule has 1 rings (SSSR count). The normalized spacial score (nSPS) is 11.2. The summed E-state index contributed by atoms with van der Waals surface area (Å²) in [5, 5.41) is 3.37. The van der Waals surface area contributed by atoms with Crippen LogP contribution in [0.5, 0.6) is 0 Å². The lowest BCUT2D eigenvalue weighted by Crippen LogP contribution is -2.13. The van der Waals surface area contributed by atoms with E-state index in [2.05, 4.69) is 32.2 Å². The summed E-state index contributed by atoms with van der Waals surface area (Å²) in [4.78, 5) is 0. The van der Waals surface area contributed by atoms with Gasteiger partial charge >= 0.3 is 0 Å². The molecule has 3 nitrogen and oxygen atoms in total. The standard InChI is InChI=1S/C18H33NO2/c1-4-6-7-8-9-10-12-20-15-17-13-16(3)18(21-17)14-19-11-5-2/h13,19H,4-12,14-15H2,1-3H3. The minimum Gasteiger partial charge on any atom is -0.462 e. The maximum absolute atomic E-state index is 5.83. The van der Waals surface area contributed by atoms with Crippen LogP contribution in [-0.4, -0.2) is 13.2 Å². The molecule has 0 radical (unpaired) electrons. The first-order valence-corrected chi connectivity index (χ1v) is 8.64. The van der Waals surface area contributed by atoms with E-state index >= 15 is 0 Å². The molecule has 21 heavy (non-hydrogen) atoms. The molecule has 0 bridgehead atoms. The van der Waals surface area contributed by atoms with Gasteiger partial charge in [-0.15, -0.1) is 0 Å². The summed E-state index contributed by atoms with van der Waals surface area (Å²) < 4.78 is 11.5. The summed E-state index contributed by atoms with van der Waals surface area (Å²) in [6, 6.07) is 2.10. The summed E-state index contributed by atoms with van der Waals surface area (Å²) in [6.45, 7) is 9.81. The molecule has 0 saturated heterocycles. The highest BCUT2D eigenvalue weighted by molar-refractivity contribution is 5.19. The zero-order valence-electron chi connectivity index (χ0n) is 14.2. The number of nitrogens with one attached hydrogen (secondary N) is 1. The molecule has 0 aliphatic carbocycles. The third kappa shape index (κ3) is 8.27. The van der Waals surface area contributed by atoms with E-state index in [0.29, 0.717) is 6.61 Å². The van der Waals surface area contributed by atoms with E-state index in [0.717, 1.165) is 44.1 Å². The Labute approximate surface area is 130 Å². The van der Waals surface area contributed by atoms with Crippen LogP contribution in [0.15, 0.2) is 10.5 Å². The van der Waals surface area contributed by atoms with Gasteiger partial charge in [0.05, 0.1) is 6.54 Å². The second kappa shape index (κ2) is 11.8. The Kier molecular flexibility index (Phi) is 10.3. The van der Waals surface area contributed by atoms with Gasteiger partial charge in [-0.05, 0) is 37.9 Å². The summed E-state index contributed by atoms with van der Waals surface area (Å²) in [5.74, 6) is 1.99. The van der Waals surface area contributed by atoms with Gasteiger partial charge in [-0.2, -0.15) is 0 Å². The van der Waals surface area contributed by atoms with Crippen molar-refractivity contribution >= 4 is 0 Å². The summed E-state index contributed by atoms with van der Waals surface area (Å²) in [6.07, 6.45) is 8.96. The van der Waals surface area contributed by atoms with Crippen LogP contribution in [0.4, 0.5) is 0 Å². The van der Waals surface area contributed by atoms with Gasteiger partial charge in [-0.1, -0.05) is 46.0 Å². The lowest BCUT2D eigenvalue weighted by molar-refractivity contribution is 0.101. The second-order valence-electron chi connectivity index (χ2n) is 5.82. The Hall–Kier alpha value is -0.800. The fourth-order valence-corrected chi connectivity index (χ4v) is 2.37. The van der Waals surface area contributed by atoms with E-state index < -0.39 is 0 Å². The number of hydrogen-bond acceptors (Lipinski definition) is 3. The number of aryl methyl sites for hydroxylation is 1. The van der Waals surface area contributed by atoms with Gasteiger partial charge in [0.25, 0.3) is 0 Å². The van der Waals surface area contributed by atoms with Crippen molar-refractivity contribution in [2.75, 3.05) is 13.2 Å². The summed E-state index contributed by atoms with van der Waals surface area (Å²) in [7, 11) is 0. The van der Waals surface area contributed by atoms with Crippen LogP contribution in [0.25, 0.3) is 0 Å². The van der Waals surface area contributed by atoms with Crippen molar-refractivity contribution in [2.24, 2.45) is 0 Å². The average Bonchev–Trinajstić information content (AvgIpc) is 2.82. The van der Waals surface area contributed by atoms with E-state index in [1.807, 2.05) is 0 Å². The monoisotopic (exact) mass is 295 g/mol. The van der Waals surface area contributed by atoms with Crippen LogP contribution >= 0.6 is 0 Å². The number of ether oxygens (including phenoxy) is 1. The molecule has 1 aromatic rings. The zero-order chi connectivity index (χ0) is 15.3. The third-order valence-corrected chi connectivity index (χ3v) is 3.67. The molecular formula is C18H33NO2. The minimum absolute atomic E-state index is 0.601. The molecule has 0 aliphatic rings. The number of rotatable bonds is 13. The van der Waals surface area contributed by atoms with Crippen molar-refractivity contribution in [3.05, 3.63) is 23.2 Å². The van der Waals surface area contributed by atoms with E-state index in [1.54, 1.807) is 0 Å². The maximum atomic E-state index is 5.83. The van der Waals surface area contributed by atoms with Crippen LogP contribution in [0.1, 0.15) is 75.9 Å². The first-order chi connectivity index (χ1) is 10.3. The average molecular weight is 295 g/mol. The lowest BCUT2D eigenvalue weighted by Gasteiger charge is -2.03. The number of unbranched alkanes of at least 4 members (excludes halogenated alkanes) is 5. The van der Waals surface area contributed by atoms with E-state index in [-0.39, 0.29) is 0 Å². The van der Waals surface area contributed by atoms with Gasteiger partial charge in [-0.3, -0.25) is 0 Å². The number of hydrogen-bond donors (Lipinski definition) is 1. The predicted molar refractivity (Wildman–Crippen MR) is 88.5 cm³/mol. The SMILES string of the molecule is CCCCCCCCOCc1cc(C)c(CNCCC)o1. The van der Waals surface area contributed by atoms with Crippen molar-refractivity contribution in [1.29, 1.82) is 0 Å². The van der Waals surface area contributed by atoms with Crippen LogP contribution < -0.4 is 5.32 Å². The molecule has 122 valence electrons. The van der Waals surface area contributed by atoms with Crippen molar-refractivity contribution in [3.63, 3.8) is 0 Å². The molecule has 1 aromatic heterocycles. The highest BCUT2D eigenvalue weighted by atomic mass is 16.5. The Bertz CT molecular complexity index is 360. The summed E-state index contributed by atoms with van der Waals surface area (Å²) >= 11 is 0. The molecule has 0 unspecified atom stereocenters. The second-order valence-corrected chi connectivity index (χ2v) is 5.82. The highest BCUT2D eigenvalue weighted by Crippen LogP contribution is 2.15.